The largest absolute Gasteiger partial charge is 0.478 e. The third-order valence-electron chi connectivity index (χ3n) is 2.84. The number of hydrogen-bond acceptors (Lipinski definition) is 3. The molecule has 0 aliphatic rings. The zero-order valence-electron chi connectivity index (χ0n) is 9.92. The van der Waals surface area contributed by atoms with Crippen LogP contribution in [0.2, 0.25) is 0 Å². The molecular formula is C13H7Br2N3O2. The van der Waals surface area contributed by atoms with Gasteiger partial charge in [-0.2, -0.15) is 0 Å². The van der Waals surface area contributed by atoms with Gasteiger partial charge in [0, 0.05) is 8.95 Å². The molecule has 1 heterocycles. The Bertz CT molecular complexity index is 830. The normalized spacial score (nSPS) is 10.9. The summed E-state index contributed by atoms with van der Waals surface area (Å²) in [6.45, 7) is 0. The summed E-state index contributed by atoms with van der Waals surface area (Å²) in [5.74, 6) is -1.02. The third-order valence-corrected chi connectivity index (χ3v) is 4.01. The summed E-state index contributed by atoms with van der Waals surface area (Å²) in [6.07, 6.45) is 0. The molecule has 2 aromatic carbocycles. The lowest BCUT2D eigenvalue weighted by Crippen LogP contribution is -1.99. The fourth-order valence-electron chi connectivity index (χ4n) is 1.94. The molecule has 5 nitrogen and oxygen atoms in total. The molecule has 3 aromatic rings. The van der Waals surface area contributed by atoms with Crippen molar-refractivity contribution < 1.29 is 9.90 Å². The molecule has 0 aliphatic heterocycles. The molecule has 0 spiro atoms. The number of carbonyl (C=O) groups is 1. The van der Waals surface area contributed by atoms with Crippen LogP contribution in [0, 0.1) is 0 Å². The van der Waals surface area contributed by atoms with E-state index < -0.39 is 5.97 Å². The van der Waals surface area contributed by atoms with E-state index in [0.29, 0.717) is 11.0 Å². The molecule has 0 unspecified atom stereocenters. The maximum Gasteiger partial charge on any atom is 0.338 e. The standard InChI is InChI=1S/C13H7Br2N3O2/c14-7-4-5-9(15)11(6-7)18-10-3-1-2-8(13(19)20)12(10)16-17-18/h1-6H,(H,19,20). The Labute approximate surface area is 130 Å². The molecule has 0 saturated carbocycles. The molecule has 100 valence electrons. The number of carboxylic acid groups (broad SMARTS) is 1. The van der Waals surface area contributed by atoms with Gasteiger partial charge in [-0.05, 0) is 46.3 Å². The molecule has 3 rings (SSSR count). The van der Waals surface area contributed by atoms with Gasteiger partial charge in [0.1, 0.15) is 5.52 Å². The molecule has 0 aliphatic carbocycles. The zero-order valence-corrected chi connectivity index (χ0v) is 13.1. The first-order chi connectivity index (χ1) is 9.58. The Morgan fingerprint density at radius 2 is 2.00 bits per heavy atom. The Kier molecular flexibility index (Phi) is 3.31. The Morgan fingerprint density at radius 3 is 2.75 bits per heavy atom. The van der Waals surface area contributed by atoms with Crippen molar-refractivity contribution in [3.63, 3.8) is 0 Å². The number of aromatic nitrogens is 3. The van der Waals surface area contributed by atoms with Crippen LogP contribution < -0.4 is 0 Å². The van der Waals surface area contributed by atoms with E-state index in [1.807, 2.05) is 18.2 Å². The van der Waals surface area contributed by atoms with Crippen molar-refractivity contribution in [1.29, 1.82) is 0 Å². The summed E-state index contributed by atoms with van der Waals surface area (Å²) in [5, 5.41) is 17.2. The molecular weight excluding hydrogens is 390 g/mol. The average molecular weight is 397 g/mol. The van der Waals surface area contributed by atoms with Crippen LogP contribution in [-0.4, -0.2) is 26.1 Å². The second kappa shape index (κ2) is 4.99. The van der Waals surface area contributed by atoms with Gasteiger partial charge in [-0.1, -0.05) is 27.2 Å². The first kappa shape index (κ1) is 13.3. The van der Waals surface area contributed by atoms with Crippen LogP contribution in [0.15, 0.2) is 45.3 Å². The maximum atomic E-state index is 11.2. The van der Waals surface area contributed by atoms with E-state index in [2.05, 4.69) is 42.2 Å². The third kappa shape index (κ3) is 2.12. The predicted octanol–water partition coefficient (Wildman–Crippen LogP) is 3.64. The number of carboxylic acids is 1. The second-order valence-corrected chi connectivity index (χ2v) is 5.85. The smallest absolute Gasteiger partial charge is 0.338 e. The molecule has 0 amide bonds. The van der Waals surface area contributed by atoms with Crippen LogP contribution >= 0.6 is 31.9 Å². The van der Waals surface area contributed by atoms with E-state index in [4.69, 9.17) is 5.11 Å². The molecule has 20 heavy (non-hydrogen) atoms. The number of nitrogens with zero attached hydrogens (tertiary/aromatic N) is 3. The van der Waals surface area contributed by atoms with Crippen LogP contribution in [0.25, 0.3) is 16.7 Å². The topological polar surface area (TPSA) is 68.0 Å². The fourth-order valence-corrected chi connectivity index (χ4v) is 2.71. The minimum absolute atomic E-state index is 0.139. The molecule has 1 N–H and O–H groups in total. The van der Waals surface area contributed by atoms with Crippen LogP contribution in [0.4, 0.5) is 0 Å². The Balaban J connectivity index is 2.31. The van der Waals surface area contributed by atoms with Crippen molar-refractivity contribution in [3.8, 4) is 5.69 Å². The van der Waals surface area contributed by atoms with Crippen LogP contribution in [-0.2, 0) is 0 Å². The molecule has 0 saturated heterocycles. The molecule has 7 heteroatoms. The Hall–Kier alpha value is -1.73. The number of hydrogen-bond donors (Lipinski definition) is 1. The van der Waals surface area contributed by atoms with Gasteiger partial charge in [-0.3, -0.25) is 0 Å². The molecule has 0 fully saturated rings. The van der Waals surface area contributed by atoms with E-state index in [1.54, 1.807) is 16.8 Å². The van der Waals surface area contributed by atoms with E-state index in [-0.39, 0.29) is 5.56 Å². The van der Waals surface area contributed by atoms with Crippen molar-refractivity contribution in [1.82, 2.24) is 15.0 Å². The molecule has 1 aromatic heterocycles. The van der Waals surface area contributed by atoms with Crippen molar-refractivity contribution >= 4 is 48.9 Å². The van der Waals surface area contributed by atoms with E-state index >= 15 is 0 Å². The lowest BCUT2D eigenvalue weighted by molar-refractivity contribution is 0.0699. The average Bonchev–Trinajstić information content (AvgIpc) is 2.85. The molecule has 0 atom stereocenters. The lowest BCUT2D eigenvalue weighted by atomic mass is 10.2. The summed E-state index contributed by atoms with van der Waals surface area (Å²) in [4.78, 5) is 11.2. The highest BCUT2D eigenvalue weighted by Gasteiger charge is 2.15. The highest BCUT2D eigenvalue weighted by molar-refractivity contribution is 9.11. The monoisotopic (exact) mass is 395 g/mol. The van der Waals surface area contributed by atoms with Gasteiger partial charge in [0.2, 0.25) is 0 Å². The van der Waals surface area contributed by atoms with Gasteiger partial charge in [0.25, 0.3) is 0 Å². The van der Waals surface area contributed by atoms with Gasteiger partial charge < -0.3 is 5.11 Å². The van der Waals surface area contributed by atoms with Crippen LogP contribution in [0.1, 0.15) is 10.4 Å². The fraction of sp³-hybridized carbons (Fsp3) is 0. The number of aromatic carboxylic acids is 1. The lowest BCUT2D eigenvalue weighted by Gasteiger charge is -2.06. The highest BCUT2D eigenvalue weighted by atomic mass is 79.9. The van der Waals surface area contributed by atoms with Crippen molar-refractivity contribution in [2.24, 2.45) is 0 Å². The highest BCUT2D eigenvalue weighted by Crippen LogP contribution is 2.27. The number of rotatable bonds is 2. The van der Waals surface area contributed by atoms with Gasteiger partial charge >= 0.3 is 5.97 Å². The minimum Gasteiger partial charge on any atom is -0.478 e. The Morgan fingerprint density at radius 1 is 1.20 bits per heavy atom. The molecule has 0 radical (unpaired) electrons. The van der Waals surface area contributed by atoms with Crippen LogP contribution in [0.5, 0.6) is 0 Å². The maximum absolute atomic E-state index is 11.2. The van der Waals surface area contributed by atoms with E-state index in [1.165, 1.54) is 6.07 Å². The SMILES string of the molecule is O=C(O)c1cccc2c1nnn2-c1cc(Br)ccc1Br. The quantitative estimate of drug-likeness (QED) is 0.717. The summed E-state index contributed by atoms with van der Waals surface area (Å²) < 4.78 is 3.35. The van der Waals surface area contributed by atoms with Crippen molar-refractivity contribution in [2.45, 2.75) is 0 Å². The predicted molar refractivity (Wildman–Crippen MR) is 81.2 cm³/mol. The molecule has 0 bridgehead atoms. The van der Waals surface area contributed by atoms with E-state index in [0.717, 1.165) is 14.6 Å². The van der Waals surface area contributed by atoms with Gasteiger partial charge in [-0.25, -0.2) is 9.48 Å². The number of benzene rings is 2. The van der Waals surface area contributed by atoms with Crippen molar-refractivity contribution in [2.75, 3.05) is 0 Å². The van der Waals surface area contributed by atoms with Crippen LogP contribution in [0.3, 0.4) is 0 Å². The van der Waals surface area contributed by atoms with Gasteiger partial charge in [-0.15, -0.1) is 5.10 Å². The summed E-state index contributed by atoms with van der Waals surface area (Å²) in [7, 11) is 0. The van der Waals surface area contributed by atoms with Gasteiger partial charge in [0.05, 0.1) is 16.8 Å². The first-order valence-corrected chi connectivity index (χ1v) is 7.19. The minimum atomic E-state index is -1.02. The number of halogens is 2. The summed E-state index contributed by atoms with van der Waals surface area (Å²) >= 11 is 6.87. The van der Waals surface area contributed by atoms with E-state index in [9.17, 15) is 4.79 Å². The number of fused-ring (bicyclic) bond motifs is 1. The first-order valence-electron chi connectivity index (χ1n) is 5.61. The second-order valence-electron chi connectivity index (χ2n) is 4.08. The zero-order chi connectivity index (χ0) is 14.3. The van der Waals surface area contributed by atoms with Crippen molar-refractivity contribution in [3.05, 3.63) is 50.9 Å². The van der Waals surface area contributed by atoms with Gasteiger partial charge in [0.15, 0.2) is 0 Å². The summed E-state index contributed by atoms with van der Waals surface area (Å²) in [6, 6.07) is 10.6. The summed E-state index contributed by atoms with van der Waals surface area (Å²) in [5.41, 5.74) is 1.93.